The largest absolute Gasteiger partial charge is 0.494 e. The molecule has 5 heteroatoms. The van der Waals surface area contributed by atoms with Gasteiger partial charge in [0.05, 0.1) is 19.8 Å². The first-order valence-corrected chi connectivity index (χ1v) is 11.2. The minimum absolute atomic E-state index is 0.184. The topological polar surface area (TPSA) is 61.8 Å². The number of ether oxygens (including phenoxy) is 3. The molecule has 0 aliphatic rings. The molecule has 0 bridgehead atoms. The van der Waals surface area contributed by atoms with E-state index in [1.807, 2.05) is 24.3 Å². The molecule has 0 N–H and O–H groups in total. The van der Waals surface area contributed by atoms with E-state index < -0.39 is 17.4 Å². The molecule has 0 amide bonds. The van der Waals surface area contributed by atoms with Gasteiger partial charge in [-0.05, 0) is 57.2 Å². The van der Waals surface area contributed by atoms with Crippen LogP contribution in [-0.4, -0.2) is 31.8 Å². The van der Waals surface area contributed by atoms with E-state index in [1.54, 1.807) is 19.9 Å². The Morgan fingerprint density at radius 1 is 0.933 bits per heavy atom. The monoisotopic (exact) mass is 418 g/mol. The van der Waals surface area contributed by atoms with Gasteiger partial charge in [-0.1, -0.05) is 50.8 Å². The van der Waals surface area contributed by atoms with Crippen LogP contribution in [0.25, 0.3) is 0 Å². The van der Waals surface area contributed by atoms with Gasteiger partial charge in [0, 0.05) is 0 Å². The third kappa shape index (κ3) is 8.21. The molecule has 0 unspecified atom stereocenters. The van der Waals surface area contributed by atoms with Crippen molar-refractivity contribution in [2.24, 2.45) is 5.41 Å². The molecule has 1 aromatic rings. The molecule has 0 atom stereocenters. The minimum Gasteiger partial charge on any atom is -0.494 e. The zero-order chi connectivity index (χ0) is 22.2. The van der Waals surface area contributed by atoms with Crippen LogP contribution in [0.4, 0.5) is 0 Å². The van der Waals surface area contributed by atoms with E-state index in [0.29, 0.717) is 12.8 Å². The number of hydrogen-bond acceptors (Lipinski definition) is 5. The van der Waals surface area contributed by atoms with Crippen molar-refractivity contribution in [1.82, 2.24) is 0 Å². The van der Waals surface area contributed by atoms with E-state index in [9.17, 15) is 9.59 Å². The molecule has 1 rings (SSSR count). The van der Waals surface area contributed by atoms with Gasteiger partial charge in [-0.2, -0.15) is 0 Å². The van der Waals surface area contributed by atoms with Crippen molar-refractivity contribution in [3.05, 3.63) is 42.5 Å². The highest BCUT2D eigenvalue weighted by atomic mass is 16.6. The standard InChI is InChI=1S/C25H38O5/c1-5-9-10-11-12-20-30-22-15-13-21(14-16-22)17-19-25(18-6-2,23(26)28-7-3)24(27)29-8-4/h6,13-16H,2,5,7-12,17-20H2,1,3-4H3. The van der Waals surface area contributed by atoms with E-state index in [2.05, 4.69) is 13.5 Å². The molecule has 0 heterocycles. The van der Waals surface area contributed by atoms with Crippen molar-refractivity contribution in [3.63, 3.8) is 0 Å². The molecule has 0 aromatic heterocycles. The number of rotatable bonds is 16. The molecule has 1 aromatic carbocycles. The van der Waals surface area contributed by atoms with Crippen molar-refractivity contribution < 1.29 is 23.8 Å². The number of hydrogen-bond donors (Lipinski definition) is 0. The third-order valence-electron chi connectivity index (χ3n) is 5.11. The quantitative estimate of drug-likeness (QED) is 0.150. The lowest BCUT2D eigenvalue weighted by Crippen LogP contribution is -2.42. The highest BCUT2D eigenvalue weighted by Gasteiger charge is 2.47. The van der Waals surface area contributed by atoms with E-state index >= 15 is 0 Å². The Balaban J connectivity index is 2.72. The summed E-state index contributed by atoms with van der Waals surface area (Å²) in [6.45, 7) is 10.5. The van der Waals surface area contributed by atoms with E-state index in [-0.39, 0.29) is 19.6 Å². The van der Waals surface area contributed by atoms with Crippen LogP contribution < -0.4 is 4.74 Å². The Bertz CT molecular complexity index is 617. The Morgan fingerprint density at radius 3 is 2.07 bits per heavy atom. The van der Waals surface area contributed by atoms with Gasteiger partial charge in [0.1, 0.15) is 5.75 Å². The van der Waals surface area contributed by atoms with E-state index in [1.165, 1.54) is 25.7 Å². The van der Waals surface area contributed by atoms with E-state index in [4.69, 9.17) is 14.2 Å². The van der Waals surface area contributed by atoms with Crippen molar-refractivity contribution in [2.45, 2.75) is 72.1 Å². The fourth-order valence-corrected chi connectivity index (χ4v) is 3.35. The molecule has 0 saturated heterocycles. The Morgan fingerprint density at radius 2 is 1.53 bits per heavy atom. The van der Waals surface area contributed by atoms with Gasteiger partial charge in [0.15, 0.2) is 5.41 Å². The van der Waals surface area contributed by atoms with Gasteiger partial charge in [-0.15, -0.1) is 6.58 Å². The van der Waals surface area contributed by atoms with Crippen LogP contribution in [0, 0.1) is 5.41 Å². The number of unbranched alkanes of at least 4 members (excludes halogenated alkanes) is 4. The fourth-order valence-electron chi connectivity index (χ4n) is 3.35. The number of esters is 2. The molecular weight excluding hydrogens is 380 g/mol. The maximum absolute atomic E-state index is 12.7. The molecule has 0 aliphatic carbocycles. The average Bonchev–Trinajstić information content (AvgIpc) is 2.74. The van der Waals surface area contributed by atoms with Crippen molar-refractivity contribution in [1.29, 1.82) is 0 Å². The number of aryl methyl sites for hydroxylation is 1. The van der Waals surface area contributed by atoms with Crippen LogP contribution in [-0.2, 0) is 25.5 Å². The lowest BCUT2D eigenvalue weighted by Gasteiger charge is -2.28. The van der Waals surface area contributed by atoms with Gasteiger partial charge < -0.3 is 14.2 Å². The molecule has 0 radical (unpaired) electrons. The summed E-state index contributed by atoms with van der Waals surface area (Å²) in [4.78, 5) is 25.3. The summed E-state index contributed by atoms with van der Waals surface area (Å²) in [5.74, 6) is -0.264. The normalized spacial score (nSPS) is 11.0. The summed E-state index contributed by atoms with van der Waals surface area (Å²) >= 11 is 0. The number of carbonyl (C=O) groups is 2. The average molecular weight is 419 g/mol. The lowest BCUT2D eigenvalue weighted by atomic mass is 9.79. The summed E-state index contributed by atoms with van der Waals surface area (Å²) in [5, 5.41) is 0. The summed E-state index contributed by atoms with van der Waals surface area (Å²) in [5.41, 5.74) is -0.339. The van der Waals surface area contributed by atoms with Crippen LogP contribution in [0.3, 0.4) is 0 Å². The second-order valence-corrected chi connectivity index (χ2v) is 7.42. The molecule has 0 fully saturated rings. The van der Waals surface area contributed by atoms with E-state index in [0.717, 1.165) is 24.3 Å². The minimum atomic E-state index is -1.36. The van der Waals surface area contributed by atoms with Crippen LogP contribution in [0.2, 0.25) is 0 Å². The van der Waals surface area contributed by atoms with Crippen LogP contribution in [0.15, 0.2) is 36.9 Å². The van der Waals surface area contributed by atoms with Crippen molar-refractivity contribution in [3.8, 4) is 5.75 Å². The van der Waals surface area contributed by atoms with Gasteiger partial charge >= 0.3 is 11.9 Å². The number of allylic oxidation sites excluding steroid dienone is 1. The predicted molar refractivity (Wildman–Crippen MR) is 120 cm³/mol. The van der Waals surface area contributed by atoms with Gasteiger partial charge in [0.25, 0.3) is 0 Å². The Kier molecular flexibility index (Phi) is 12.6. The van der Waals surface area contributed by atoms with Crippen LogP contribution in [0.5, 0.6) is 5.75 Å². The van der Waals surface area contributed by atoms with Crippen molar-refractivity contribution in [2.75, 3.05) is 19.8 Å². The molecule has 168 valence electrons. The van der Waals surface area contributed by atoms with Crippen LogP contribution >= 0.6 is 0 Å². The zero-order valence-electron chi connectivity index (χ0n) is 18.9. The molecule has 0 saturated carbocycles. The second kappa shape index (κ2) is 14.6. The van der Waals surface area contributed by atoms with Gasteiger partial charge in [-0.25, -0.2) is 0 Å². The molecule has 5 nitrogen and oxygen atoms in total. The summed E-state index contributed by atoms with van der Waals surface area (Å²) in [6.07, 6.45) is 8.63. The first-order chi connectivity index (χ1) is 14.5. The SMILES string of the molecule is C=CCC(CCc1ccc(OCCCCCCC)cc1)(C(=O)OCC)C(=O)OCC. The first kappa shape index (κ1) is 25.7. The molecule has 0 aliphatic heterocycles. The van der Waals surface area contributed by atoms with Gasteiger partial charge in [0.2, 0.25) is 0 Å². The Labute approximate surface area is 181 Å². The number of benzene rings is 1. The predicted octanol–water partition coefficient (Wildman–Crippen LogP) is 5.66. The van der Waals surface area contributed by atoms with Crippen molar-refractivity contribution >= 4 is 11.9 Å². The fraction of sp³-hybridized carbons (Fsp3) is 0.600. The van der Waals surface area contributed by atoms with Crippen LogP contribution in [0.1, 0.15) is 71.3 Å². The Hall–Kier alpha value is -2.30. The van der Waals surface area contributed by atoms with Gasteiger partial charge in [-0.3, -0.25) is 9.59 Å². The molecular formula is C25H38O5. The summed E-state index contributed by atoms with van der Waals surface area (Å²) in [7, 11) is 0. The third-order valence-corrected chi connectivity index (χ3v) is 5.11. The maximum atomic E-state index is 12.7. The maximum Gasteiger partial charge on any atom is 0.323 e. The number of carbonyl (C=O) groups excluding carboxylic acids is 2. The lowest BCUT2D eigenvalue weighted by molar-refractivity contribution is -0.172. The first-order valence-electron chi connectivity index (χ1n) is 11.2. The zero-order valence-corrected chi connectivity index (χ0v) is 18.9. The smallest absolute Gasteiger partial charge is 0.323 e. The second-order valence-electron chi connectivity index (χ2n) is 7.42. The molecule has 0 spiro atoms. The summed E-state index contributed by atoms with van der Waals surface area (Å²) in [6, 6.07) is 7.82. The highest BCUT2D eigenvalue weighted by molar-refractivity contribution is 6.00. The summed E-state index contributed by atoms with van der Waals surface area (Å²) < 4.78 is 16.2. The highest BCUT2D eigenvalue weighted by Crippen LogP contribution is 2.33. The molecule has 30 heavy (non-hydrogen) atoms.